The average Bonchev–Trinajstić information content (AvgIpc) is 3.45. The van der Waals surface area contributed by atoms with Crippen LogP contribution in [-0.4, -0.2) is 59.2 Å². The highest BCUT2D eigenvalue weighted by atomic mass is 79.9. The van der Waals surface area contributed by atoms with E-state index in [9.17, 15) is 9.59 Å². The number of benzene rings is 1. The van der Waals surface area contributed by atoms with Crippen LogP contribution in [0.5, 0.6) is 0 Å². The molecule has 8 heteroatoms. The molecule has 1 aliphatic carbocycles. The Morgan fingerprint density at radius 1 is 1.28 bits per heavy atom. The van der Waals surface area contributed by atoms with E-state index >= 15 is 0 Å². The molecule has 1 aliphatic rings. The van der Waals surface area contributed by atoms with E-state index in [1.807, 2.05) is 59.1 Å². The molecule has 0 unspecified atom stereocenters. The highest BCUT2D eigenvalue weighted by molar-refractivity contribution is 9.10. The van der Waals surface area contributed by atoms with Crippen molar-refractivity contribution >= 4 is 33.6 Å². The summed E-state index contributed by atoms with van der Waals surface area (Å²) in [6.07, 6.45) is 4.00. The Morgan fingerprint density at radius 2 is 2.07 bits per heavy atom. The number of aryl methyl sites for hydroxylation is 1. The highest BCUT2D eigenvalue weighted by Gasteiger charge is 2.34. The number of rotatable bonds is 9. The SMILES string of the molecule is COCCN(CC(=O)N(Cc1cccn1C)C1CC1)C(=O)Nc1cccc(Br)c1. The van der Waals surface area contributed by atoms with Crippen molar-refractivity contribution in [2.24, 2.45) is 7.05 Å². The summed E-state index contributed by atoms with van der Waals surface area (Å²) in [5.41, 5.74) is 1.74. The molecule has 1 saturated carbocycles. The summed E-state index contributed by atoms with van der Waals surface area (Å²) in [6, 6.07) is 11.3. The third-order valence-corrected chi connectivity index (χ3v) is 5.44. The van der Waals surface area contributed by atoms with Crippen molar-refractivity contribution in [2.45, 2.75) is 25.4 Å². The van der Waals surface area contributed by atoms with Crippen molar-refractivity contribution < 1.29 is 14.3 Å². The van der Waals surface area contributed by atoms with Crippen LogP contribution in [-0.2, 0) is 23.1 Å². The Morgan fingerprint density at radius 3 is 2.69 bits per heavy atom. The van der Waals surface area contributed by atoms with Gasteiger partial charge in [0.25, 0.3) is 0 Å². The van der Waals surface area contributed by atoms with E-state index in [1.165, 1.54) is 4.90 Å². The minimum absolute atomic E-state index is 0.0180. The molecule has 1 heterocycles. The zero-order valence-electron chi connectivity index (χ0n) is 16.8. The number of carbonyl (C=O) groups excluding carboxylic acids is 2. The molecule has 2 aromatic rings. The molecule has 7 nitrogen and oxygen atoms in total. The number of urea groups is 1. The van der Waals surface area contributed by atoms with E-state index in [-0.39, 0.29) is 24.5 Å². The van der Waals surface area contributed by atoms with Gasteiger partial charge < -0.3 is 24.4 Å². The average molecular weight is 463 g/mol. The maximum Gasteiger partial charge on any atom is 0.322 e. The molecule has 0 bridgehead atoms. The van der Waals surface area contributed by atoms with Gasteiger partial charge in [0, 0.05) is 48.8 Å². The van der Waals surface area contributed by atoms with Crippen LogP contribution in [0.15, 0.2) is 47.1 Å². The molecule has 0 radical (unpaired) electrons. The molecular formula is C21H27BrN4O3. The smallest absolute Gasteiger partial charge is 0.322 e. The molecule has 0 aliphatic heterocycles. The molecule has 29 heavy (non-hydrogen) atoms. The number of aromatic nitrogens is 1. The molecule has 1 N–H and O–H groups in total. The van der Waals surface area contributed by atoms with Gasteiger partial charge in [-0.3, -0.25) is 4.79 Å². The van der Waals surface area contributed by atoms with Crippen molar-refractivity contribution in [3.63, 3.8) is 0 Å². The molecular weight excluding hydrogens is 436 g/mol. The summed E-state index contributed by atoms with van der Waals surface area (Å²) in [6.45, 7) is 1.27. The van der Waals surface area contributed by atoms with Crippen molar-refractivity contribution in [3.05, 3.63) is 52.8 Å². The largest absolute Gasteiger partial charge is 0.383 e. The van der Waals surface area contributed by atoms with Gasteiger partial charge >= 0.3 is 6.03 Å². The van der Waals surface area contributed by atoms with Crippen LogP contribution >= 0.6 is 15.9 Å². The number of anilines is 1. The summed E-state index contributed by atoms with van der Waals surface area (Å²) in [5.74, 6) is -0.0470. The lowest BCUT2D eigenvalue weighted by atomic mass is 10.3. The van der Waals surface area contributed by atoms with Crippen LogP contribution in [0.4, 0.5) is 10.5 Å². The molecule has 0 spiro atoms. The Hall–Kier alpha value is -2.32. The van der Waals surface area contributed by atoms with Crippen LogP contribution in [0, 0.1) is 0 Å². The van der Waals surface area contributed by atoms with Gasteiger partial charge in [-0.1, -0.05) is 22.0 Å². The predicted octanol–water partition coefficient (Wildman–Crippen LogP) is 3.46. The quantitative estimate of drug-likeness (QED) is 0.620. The second-order valence-electron chi connectivity index (χ2n) is 7.22. The fourth-order valence-electron chi connectivity index (χ4n) is 3.12. The minimum Gasteiger partial charge on any atom is -0.383 e. The van der Waals surface area contributed by atoms with Gasteiger partial charge in [-0.15, -0.1) is 0 Å². The molecule has 1 aromatic carbocycles. The van der Waals surface area contributed by atoms with Crippen LogP contribution in [0.25, 0.3) is 0 Å². The lowest BCUT2D eigenvalue weighted by molar-refractivity contribution is -0.133. The zero-order valence-corrected chi connectivity index (χ0v) is 18.4. The lowest BCUT2D eigenvalue weighted by Crippen LogP contribution is -2.46. The number of hydrogen-bond acceptors (Lipinski definition) is 3. The first kappa shape index (κ1) is 21.4. The second kappa shape index (κ2) is 9.93. The van der Waals surface area contributed by atoms with Gasteiger partial charge in [0.1, 0.15) is 6.54 Å². The number of nitrogens with one attached hydrogen (secondary N) is 1. The molecule has 0 atom stereocenters. The molecule has 0 saturated heterocycles. The van der Waals surface area contributed by atoms with Gasteiger partial charge in [-0.05, 0) is 43.2 Å². The highest BCUT2D eigenvalue weighted by Crippen LogP contribution is 2.28. The molecule has 1 fully saturated rings. The Kier molecular flexibility index (Phi) is 7.33. The summed E-state index contributed by atoms with van der Waals surface area (Å²) >= 11 is 3.40. The van der Waals surface area contributed by atoms with E-state index in [2.05, 4.69) is 21.2 Å². The zero-order chi connectivity index (χ0) is 20.8. The number of hydrogen-bond donors (Lipinski definition) is 1. The van der Waals surface area contributed by atoms with E-state index in [1.54, 1.807) is 7.11 Å². The van der Waals surface area contributed by atoms with Crippen LogP contribution in [0.2, 0.25) is 0 Å². The van der Waals surface area contributed by atoms with Gasteiger partial charge in [0.2, 0.25) is 5.91 Å². The number of amides is 3. The first-order valence-electron chi connectivity index (χ1n) is 9.68. The molecule has 3 amide bonds. The van der Waals surface area contributed by atoms with E-state index < -0.39 is 0 Å². The summed E-state index contributed by atoms with van der Waals surface area (Å²) in [5, 5.41) is 2.86. The monoisotopic (exact) mass is 462 g/mol. The lowest BCUT2D eigenvalue weighted by Gasteiger charge is -2.28. The van der Waals surface area contributed by atoms with Crippen molar-refractivity contribution in [3.8, 4) is 0 Å². The van der Waals surface area contributed by atoms with E-state index in [0.717, 1.165) is 23.0 Å². The third kappa shape index (κ3) is 6.08. The Balaban J connectivity index is 1.67. The number of carbonyl (C=O) groups is 2. The first-order valence-corrected chi connectivity index (χ1v) is 10.5. The fourth-order valence-corrected chi connectivity index (χ4v) is 3.52. The third-order valence-electron chi connectivity index (χ3n) is 4.95. The maximum atomic E-state index is 13.1. The van der Waals surface area contributed by atoms with Gasteiger partial charge in [-0.2, -0.15) is 0 Å². The topological polar surface area (TPSA) is 66.8 Å². The van der Waals surface area contributed by atoms with Gasteiger partial charge in [0.05, 0.1) is 13.2 Å². The Labute approximate surface area is 179 Å². The van der Waals surface area contributed by atoms with Crippen molar-refractivity contribution in [2.75, 3.05) is 32.1 Å². The Bertz CT molecular complexity index is 850. The standard InChI is InChI=1S/C21H27BrN4O3/c1-24-10-4-7-19(24)14-26(18-8-9-18)20(27)15-25(11-12-29-2)21(28)23-17-6-3-5-16(22)13-17/h3-7,10,13,18H,8-9,11-12,14-15H2,1-2H3,(H,23,28). The van der Waals surface area contributed by atoms with Crippen LogP contribution < -0.4 is 5.32 Å². The van der Waals surface area contributed by atoms with Gasteiger partial charge in [0.15, 0.2) is 0 Å². The minimum atomic E-state index is -0.317. The van der Waals surface area contributed by atoms with Crippen LogP contribution in [0.1, 0.15) is 18.5 Å². The van der Waals surface area contributed by atoms with Crippen LogP contribution in [0.3, 0.4) is 0 Å². The number of nitrogens with zero attached hydrogens (tertiary/aromatic N) is 3. The summed E-state index contributed by atoms with van der Waals surface area (Å²) in [4.78, 5) is 29.3. The van der Waals surface area contributed by atoms with Crippen molar-refractivity contribution in [1.82, 2.24) is 14.4 Å². The normalized spacial score (nSPS) is 13.2. The predicted molar refractivity (Wildman–Crippen MR) is 116 cm³/mol. The number of ether oxygens (including phenoxy) is 1. The van der Waals surface area contributed by atoms with Crippen molar-refractivity contribution in [1.29, 1.82) is 0 Å². The number of methoxy groups -OCH3 is 1. The first-order chi connectivity index (χ1) is 14.0. The summed E-state index contributed by atoms with van der Waals surface area (Å²) in [7, 11) is 3.55. The van der Waals surface area contributed by atoms with E-state index in [0.29, 0.717) is 25.4 Å². The maximum absolute atomic E-state index is 13.1. The van der Waals surface area contributed by atoms with Gasteiger partial charge in [-0.25, -0.2) is 4.79 Å². The molecule has 156 valence electrons. The molecule has 1 aromatic heterocycles. The number of halogens is 1. The van der Waals surface area contributed by atoms with E-state index in [4.69, 9.17) is 4.74 Å². The fraction of sp³-hybridized carbons (Fsp3) is 0.429. The summed E-state index contributed by atoms with van der Waals surface area (Å²) < 4.78 is 8.03. The second-order valence-corrected chi connectivity index (χ2v) is 8.13. The molecule has 3 rings (SSSR count).